The number of halogens is 2. The van der Waals surface area contributed by atoms with E-state index >= 15 is 0 Å². The Morgan fingerprint density at radius 2 is 2.05 bits per heavy atom. The van der Waals surface area contributed by atoms with Gasteiger partial charge in [0, 0.05) is 33.5 Å². The molecule has 0 aliphatic heterocycles. The Bertz CT molecular complexity index is 824. The van der Waals surface area contributed by atoms with Crippen LogP contribution in [-0.4, -0.2) is 10.9 Å². The van der Waals surface area contributed by atoms with Gasteiger partial charge in [-0.05, 0) is 36.4 Å². The number of anilines is 2. The minimum atomic E-state index is -0.510. The first-order valence-corrected chi connectivity index (χ1v) is 6.55. The maximum absolute atomic E-state index is 13.3. The summed E-state index contributed by atoms with van der Waals surface area (Å²) >= 11 is 5.76. The zero-order valence-corrected chi connectivity index (χ0v) is 11.5. The average Bonchev–Trinajstić information content (AvgIpc) is 2.80. The lowest BCUT2D eigenvalue weighted by atomic mass is 10.1. The van der Waals surface area contributed by atoms with Gasteiger partial charge in [-0.2, -0.15) is 0 Å². The number of rotatable bonds is 2. The molecule has 21 heavy (non-hydrogen) atoms. The predicted molar refractivity (Wildman–Crippen MR) is 82.1 cm³/mol. The van der Waals surface area contributed by atoms with Crippen LogP contribution in [0.15, 0.2) is 42.6 Å². The molecule has 0 saturated heterocycles. The van der Waals surface area contributed by atoms with E-state index in [4.69, 9.17) is 17.3 Å². The summed E-state index contributed by atoms with van der Waals surface area (Å²) in [7, 11) is 0. The molecule has 1 aromatic heterocycles. The molecule has 0 bridgehead atoms. The number of amides is 1. The zero-order chi connectivity index (χ0) is 15.0. The quantitative estimate of drug-likeness (QED) is 0.630. The second-order valence-corrected chi connectivity index (χ2v) is 5.06. The van der Waals surface area contributed by atoms with Gasteiger partial charge >= 0.3 is 0 Å². The largest absolute Gasteiger partial charge is 0.399 e. The molecular formula is C15H11ClFN3O. The summed E-state index contributed by atoms with van der Waals surface area (Å²) in [5, 5.41) is 3.58. The van der Waals surface area contributed by atoms with E-state index in [1.54, 1.807) is 24.4 Å². The van der Waals surface area contributed by atoms with Gasteiger partial charge in [0.05, 0.1) is 5.56 Å². The van der Waals surface area contributed by atoms with Crippen molar-refractivity contribution in [2.75, 3.05) is 11.1 Å². The van der Waals surface area contributed by atoms with Crippen molar-refractivity contribution in [2.24, 2.45) is 0 Å². The molecule has 0 radical (unpaired) electrons. The van der Waals surface area contributed by atoms with Gasteiger partial charge in [0.25, 0.3) is 5.91 Å². The molecule has 0 saturated carbocycles. The van der Waals surface area contributed by atoms with Crippen molar-refractivity contribution >= 4 is 39.8 Å². The van der Waals surface area contributed by atoms with E-state index in [9.17, 15) is 9.18 Å². The van der Waals surface area contributed by atoms with Crippen molar-refractivity contribution in [2.45, 2.75) is 0 Å². The van der Waals surface area contributed by atoms with Crippen molar-refractivity contribution in [1.29, 1.82) is 0 Å². The lowest BCUT2D eigenvalue weighted by molar-refractivity contribution is 0.102. The zero-order valence-electron chi connectivity index (χ0n) is 10.8. The minimum Gasteiger partial charge on any atom is -0.399 e. The first-order valence-electron chi connectivity index (χ1n) is 6.17. The Balaban J connectivity index is 1.93. The molecule has 1 amide bonds. The number of nitrogens with two attached hydrogens (primary N) is 1. The number of H-pyrrole nitrogens is 1. The Morgan fingerprint density at radius 1 is 1.24 bits per heavy atom. The molecule has 3 aromatic rings. The fraction of sp³-hybridized carbons (Fsp3) is 0. The Kier molecular flexibility index (Phi) is 3.27. The van der Waals surface area contributed by atoms with Gasteiger partial charge in [0.1, 0.15) is 5.82 Å². The molecule has 0 aliphatic rings. The Labute approximate surface area is 124 Å². The van der Waals surface area contributed by atoms with Gasteiger partial charge < -0.3 is 16.0 Å². The summed E-state index contributed by atoms with van der Waals surface area (Å²) in [6.45, 7) is 0. The average molecular weight is 304 g/mol. The van der Waals surface area contributed by atoms with Gasteiger partial charge in [-0.1, -0.05) is 11.6 Å². The molecule has 0 fully saturated rings. The molecule has 3 rings (SSSR count). The van der Waals surface area contributed by atoms with E-state index in [-0.39, 0.29) is 10.9 Å². The summed E-state index contributed by atoms with van der Waals surface area (Å²) in [5.74, 6) is -0.864. The first kappa shape index (κ1) is 13.5. The molecule has 1 heterocycles. The highest BCUT2D eigenvalue weighted by Gasteiger charge is 2.13. The highest BCUT2D eigenvalue weighted by Crippen LogP contribution is 2.23. The third-order valence-corrected chi connectivity index (χ3v) is 3.29. The van der Waals surface area contributed by atoms with Gasteiger partial charge in [-0.25, -0.2) is 4.39 Å². The fourth-order valence-corrected chi connectivity index (χ4v) is 2.38. The third kappa shape index (κ3) is 2.68. The van der Waals surface area contributed by atoms with Gasteiger partial charge in [0.2, 0.25) is 0 Å². The maximum Gasteiger partial charge on any atom is 0.257 e. The summed E-state index contributed by atoms with van der Waals surface area (Å²) in [6.07, 6.45) is 1.58. The van der Waals surface area contributed by atoms with Crippen LogP contribution in [0.3, 0.4) is 0 Å². The van der Waals surface area contributed by atoms with Crippen LogP contribution in [0, 0.1) is 5.82 Å². The maximum atomic E-state index is 13.3. The summed E-state index contributed by atoms with van der Waals surface area (Å²) in [4.78, 5) is 15.2. The molecule has 2 aromatic carbocycles. The van der Waals surface area contributed by atoms with Crippen molar-refractivity contribution in [1.82, 2.24) is 4.98 Å². The minimum absolute atomic E-state index is 0.219. The Hall–Kier alpha value is -2.53. The molecule has 0 spiro atoms. The van der Waals surface area contributed by atoms with Gasteiger partial charge in [-0.15, -0.1) is 0 Å². The molecular weight excluding hydrogens is 293 g/mol. The standard InChI is InChI=1S/C15H11ClFN3O/c16-8-3-9(17)5-11(4-8)20-15(21)13-7-19-14-6-10(18)1-2-12(13)14/h1-7,19H,18H2,(H,20,21). The van der Waals surface area contributed by atoms with Crippen molar-refractivity contribution in [3.8, 4) is 0 Å². The van der Waals surface area contributed by atoms with Crippen LogP contribution in [-0.2, 0) is 0 Å². The van der Waals surface area contributed by atoms with E-state index in [0.29, 0.717) is 16.9 Å². The van der Waals surface area contributed by atoms with Crippen LogP contribution >= 0.6 is 11.6 Å². The SMILES string of the molecule is Nc1ccc2c(C(=O)Nc3cc(F)cc(Cl)c3)c[nH]c2c1. The van der Waals surface area contributed by atoms with E-state index in [1.165, 1.54) is 18.2 Å². The number of hydrogen-bond donors (Lipinski definition) is 3. The van der Waals surface area contributed by atoms with Crippen LogP contribution in [0.5, 0.6) is 0 Å². The fourth-order valence-electron chi connectivity index (χ4n) is 2.16. The van der Waals surface area contributed by atoms with Crippen LogP contribution < -0.4 is 11.1 Å². The lowest BCUT2D eigenvalue weighted by Crippen LogP contribution is -2.11. The van der Waals surface area contributed by atoms with Crippen LogP contribution in [0.25, 0.3) is 10.9 Å². The molecule has 0 aliphatic carbocycles. The topological polar surface area (TPSA) is 70.9 Å². The summed E-state index contributed by atoms with van der Waals surface area (Å²) in [5.41, 5.74) is 7.81. The normalized spacial score (nSPS) is 10.8. The predicted octanol–water partition coefficient (Wildman–Crippen LogP) is 3.79. The number of nitrogen functional groups attached to an aromatic ring is 1. The van der Waals surface area contributed by atoms with Crippen molar-refractivity contribution < 1.29 is 9.18 Å². The Morgan fingerprint density at radius 3 is 2.81 bits per heavy atom. The van der Waals surface area contributed by atoms with Crippen LogP contribution in [0.1, 0.15) is 10.4 Å². The summed E-state index contributed by atoms with van der Waals surface area (Å²) in [6, 6.07) is 9.07. The van der Waals surface area contributed by atoms with Crippen molar-refractivity contribution in [3.63, 3.8) is 0 Å². The van der Waals surface area contributed by atoms with E-state index in [0.717, 1.165) is 10.9 Å². The highest BCUT2D eigenvalue weighted by molar-refractivity contribution is 6.31. The number of aromatic nitrogens is 1. The number of fused-ring (bicyclic) bond motifs is 1. The molecule has 6 heteroatoms. The van der Waals surface area contributed by atoms with E-state index < -0.39 is 5.82 Å². The first-order chi connectivity index (χ1) is 10.0. The lowest BCUT2D eigenvalue weighted by Gasteiger charge is -2.05. The molecule has 0 atom stereocenters. The molecule has 0 unspecified atom stereocenters. The number of carbonyl (C=O) groups is 1. The van der Waals surface area contributed by atoms with E-state index in [2.05, 4.69) is 10.3 Å². The number of carbonyl (C=O) groups excluding carboxylic acids is 1. The number of aromatic amines is 1. The highest BCUT2D eigenvalue weighted by atomic mass is 35.5. The number of hydrogen-bond acceptors (Lipinski definition) is 2. The number of nitrogens with one attached hydrogen (secondary N) is 2. The van der Waals surface area contributed by atoms with Crippen LogP contribution in [0.2, 0.25) is 5.02 Å². The summed E-state index contributed by atoms with van der Waals surface area (Å²) < 4.78 is 13.3. The second kappa shape index (κ2) is 5.10. The monoisotopic (exact) mass is 303 g/mol. The van der Waals surface area contributed by atoms with Gasteiger partial charge in [0.15, 0.2) is 0 Å². The molecule has 4 N–H and O–H groups in total. The number of benzene rings is 2. The van der Waals surface area contributed by atoms with Crippen molar-refractivity contribution in [3.05, 3.63) is 59.0 Å². The molecule has 4 nitrogen and oxygen atoms in total. The smallest absolute Gasteiger partial charge is 0.257 e. The van der Waals surface area contributed by atoms with Gasteiger partial charge in [-0.3, -0.25) is 4.79 Å². The second-order valence-electron chi connectivity index (χ2n) is 4.62. The molecule has 106 valence electrons. The third-order valence-electron chi connectivity index (χ3n) is 3.07. The van der Waals surface area contributed by atoms with Crippen LogP contribution in [0.4, 0.5) is 15.8 Å². The van der Waals surface area contributed by atoms with E-state index in [1.807, 2.05) is 0 Å².